The van der Waals surface area contributed by atoms with Crippen molar-refractivity contribution in [3.63, 3.8) is 0 Å². The van der Waals surface area contributed by atoms with Crippen LogP contribution in [-0.2, 0) is 6.18 Å². The van der Waals surface area contributed by atoms with Crippen molar-refractivity contribution in [2.75, 3.05) is 0 Å². The molecule has 3 rings (SSSR count). The zero-order chi connectivity index (χ0) is 18.2. The van der Waals surface area contributed by atoms with Crippen molar-refractivity contribution in [3.8, 4) is 0 Å². The number of aromatic carboxylic acids is 1. The lowest BCUT2D eigenvalue weighted by Crippen LogP contribution is -2.08. The number of hydrogen-bond donors (Lipinski definition) is 1. The maximum absolute atomic E-state index is 13.2. The molecule has 0 aliphatic carbocycles. The second-order valence-corrected chi connectivity index (χ2v) is 6.58. The fourth-order valence-corrected chi connectivity index (χ4v) is 3.47. The first kappa shape index (κ1) is 17.6. The quantitative estimate of drug-likeness (QED) is 0.625. The van der Waals surface area contributed by atoms with Crippen LogP contribution in [0.1, 0.15) is 15.9 Å². The van der Waals surface area contributed by atoms with Crippen molar-refractivity contribution in [3.05, 3.63) is 64.8 Å². The van der Waals surface area contributed by atoms with Crippen LogP contribution in [0.25, 0.3) is 10.9 Å². The Morgan fingerprint density at radius 3 is 2.40 bits per heavy atom. The van der Waals surface area contributed by atoms with Crippen molar-refractivity contribution in [2.45, 2.75) is 16.0 Å². The van der Waals surface area contributed by atoms with Gasteiger partial charge in [0.25, 0.3) is 0 Å². The third-order valence-corrected chi connectivity index (χ3v) is 4.82. The molecule has 25 heavy (non-hydrogen) atoms. The van der Waals surface area contributed by atoms with Gasteiger partial charge in [0.15, 0.2) is 0 Å². The van der Waals surface area contributed by atoms with Gasteiger partial charge in [-0.05, 0) is 30.3 Å². The Hall–Kier alpha value is -2.25. The summed E-state index contributed by atoms with van der Waals surface area (Å²) in [5.41, 5.74) is -1.34. The Kier molecular flexibility index (Phi) is 4.62. The van der Waals surface area contributed by atoms with Crippen LogP contribution in [0.4, 0.5) is 13.2 Å². The number of benzene rings is 2. The van der Waals surface area contributed by atoms with Crippen molar-refractivity contribution in [2.24, 2.45) is 0 Å². The Labute approximate surface area is 149 Å². The molecule has 0 saturated heterocycles. The van der Waals surface area contributed by atoms with Crippen molar-refractivity contribution < 1.29 is 23.1 Å². The minimum absolute atomic E-state index is 0.134. The van der Waals surface area contributed by atoms with Gasteiger partial charge in [0.2, 0.25) is 0 Å². The number of carboxylic acid groups (broad SMARTS) is 1. The number of rotatable bonds is 3. The zero-order valence-corrected chi connectivity index (χ0v) is 13.9. The summed E-state index contributed by atoms with van der Waals surface area (Å²) in [5.74, 6) is -1.26. The predicted molar refractivity (Wildman–Crippen MR) is 89.3 cm³/mol. The van der Waals surface area contributed by atoms with Crippen LogP contribution in [0.5, 0.6) is 0 Å². The lowest BCUT2D eigenvalue weighted by atomic mass is 10.1. The van der Waals surface area contributed by atoms with E-state index in [0.717, 1.165) is 24.0 Å². The summed E-state index contributed by atoms with van der Waals surface area (Å²) in [4.78, 5) is 16.1. The van der Waals surface area contributed by atoms with E-state index in [1.54, 1.807) is 24.3 Å². The van der Waals surface area contributed by atoms with Crippen LogP contribution < -0.4 is 0 Å². The molecule has 0 aliphatic rings. The first-order valence-electron chi connectivity index (χ1n) is 6.93. The number of alkyl halides is 3. The molecule has 0 radical (unpaired) electrons. The van der Waals surface area contributed by atoms with E-state index in [0.29, 0.717) is 9.92 Å². The monoisotopic (exact) mass is 383 g/mol. The Morgan fingerprint density at radius 2 is 1.80 bits per heavy atom. The van der Waals surface area contributed by atoms with Gasteiger partial charge in [0, 0.05) is 26.4 Å². The molecule has 0 spiro atoms. The minimum Gasteiger partial charge on any atom is -0.478 e. The summed E-state index contributed by atoms with van der Waals surface area (Å²) in [5, 5.41) is 10.0. The molecule has 2 aromatic carbocycles. The van der Waals surface area contributed by atoms with E-state index in [1.165, 1.54) is 12.1 Å². The molecule has 128 valence electrons. The number of pyridine rings is 1. The number of hydrogen-bond acceptors (Lipinski definition) is 3. The summed E-state index contributed by atoms with van der Waals surface area (Å²) < 4.78 is 39.6. The molecular formula is C17H9ClF3NO2S. The largest absolute Gasteiger partial charge is 0.478 e. The Morgan fingerprint density at radius 1 is 1.12 bits per heavy atom. The molecule has 0 bridgehead atoms. The maximum atomic E-state index is 13.2. The smallest absolute Gasteiger partial charge is 0.418 e. The molecule has 0 saturated carbocycles. The summed E-state index contributed by atoms with van der Waals surface area (Å²) in [6.45, 7) is 0. The average molecular weight is 384 g/mol. The number of para-hydroxylation sites is 1. The third kappa shape index (κ3) is 3.57. The van der Waals surface area contributed by atoms with Gasteiger partial charge in [0.1, 0.15) is 0 Å². The van der Waals surface area contributed by atoms with E-state index in [1.807, 2.05) is 0 Å². The molecule has 0 unspecified atom stereocenters. The lowest BCUT2D eigenvalue weighted by Gasteiger charge is -2.13. The topological polar surface area (TPSA) is 50.2 Å². The van der Waals surface area contributed by atoms with Crippen LogP contribution in [-0.4, -0.2) is 16.1 Å². The average Bonchev–Trinajstić information content (AvgIpc) is 2.55. The normalized spacial score (nSPS) is 11.7. The second-order valence-electron chi connectivity index (χ2n) is 5.06. The molecule has 0 amide bonds. The van der Waals surface area contributed by atoms with Gasteiger partial charge in [-0.1, -0.05) is 35.5 Å². The third-order valence-electron chi connectivity index (χ3n) is 3.42. The van der Waals surface area contributed by atoms with E-state index >= 15 is 0 Å². The fraction of sp³-hybridized carbons (Fsp3) is 0.0588. The highest BCUT2D eigenvalue weighted by molar-refractivity contribution is 7.99. The van der Waals surface area contributed by atoms with Crippen molar-refractivity contribution in [1.82, 2.24) is 4.98 Å². The van der Waals surface area contributed by atoms with Crippen molar-refractivity contribution in [1.29, 1.82) is 0 Å². The van der Waals surface area contributed by atoms with Crippen LogP contribution >= 0.6 is 23.4 Å². The van der Waals surface area contributed by atoms with E-state index < -0.39 is 17.7 Å². The van der Waals surface area contributed by atoms with Gasteiger partial charge < -0.3 is 5.11 Å². The van der Waals surface area contributed by atoms with Gasteiger partial charge in [-0.2, -0.15) is 13.2 Å². The standard InChI is InChI=1S/C17H9ClF3NO2S/c18-9-4-6-10(7-5-9)25-15-11-2-1-3-13(17(19,20)21)14(11)22-8-12(15)16(23)24/h1-8H,(H,23,24). The molecule has 0 atom stereocenters. The molecule has 0 aliphatic heterocycles. The summed E-state index contributed by atoms with van der Waals surface area (Å²) in [6, 6.07) is 10.2. The van der Waals surface area contributed by atoms with Crippen molar-refractivity contribution >= 4 is 40.2 Å². The molecule has 1 aromatic heterocycles. The molecule has 0 fully saturated rings. The van der Waals surface area contributed by atoms with Crippen LogP contribution in [0.2, 0.25) is 5.02 Å². The summed E-state index contributed by atoms with van der Waals surface area (Å²) in [7, 11) is 0. The van der Waals surface area contributed by atoms with Gasteiger partial charge in [-0.25, -0.2) is 4.79 Å². The van der Waals surface area contributed by atoms with E-state index in [2.05, 4.69) is 4.98 Å². The zero-order valence-electron chi connectivity index (χ0n) is 12.3. The molecule has 3 aromatic rings. The lowest BCUT2D eigenvalue weighted by molar-refractivity contribution is -0.136. The maximum Gasteiger partial charge on any atom is 0.418 e. The van der Waals surface area contributed by atoms with Crippen LogP contribution in [0, 0.1) is 0 Å². The number of aromatic nitrogens is 1. The summed E-state index contributed by atoms with van der Waals surface area (Å²) in [6.07, 6.45) is -3.63. The SMILES string of the molecule is O=C(O)c1cnc2c(C(F)(F)F)cccc2c1Sc1ccc(Cl)cc1. The number of fused-ring (bicyclic) bond motifs is 1. The predicted octanol–water partition coefficient (Wildman–Crippen LogP) is 5.76. The van der Waals surface area contributed by atoms with E-state index in [4.69, 9.17) is 11.6 Å². The Bertz CT molecular complexity index is 959. The molecular weight excluding hydrogens is 375 g/mol. The molecule has 3 nitrogen and oxygen atoms in total. The highest BCUT2D eigenvalue weighted by atomic mass is 35.5. The highest BCUT2D eigenvalue weighted by Gasteiger charge is 2.34. The number of nitrogens with zero attached hydrogens (tertiary/aromatic N) is 1. The number of carboxylic acids is 1. The first-order valence-corrected chi connectivity index (χ1v) is 8.12. The van der Waals surface area contributed by atoms with Gasteiger partial charge >= 0.3 is 12.1 Å². The van der Waals surface area contributed by atoms with Gasteiger partial charge in [-0.3, -0.25) is 4.98 Å². The minimum atomic E-state index is -4.58. The van der Waals surface area contributed by atoms with Crippen LogP contribution in [0.15, 0.2) is 58.5 Å². The highest BCUT2D eigenvalue weighted by Crippen LogP contribution is 2.40. The van der Waals surface area contributed by atoms with E-state index in [-0.39, 0.29) is 21.4 Å². The van der Waals surface area contributed by atoms with Gasteiger partial charge in [0.05, 0.1) is 16.6 Å². The second kappa shape index (κ2) is 6.57. The number of carbonyl (C=O) groups is 1. The summed E-state index contributed by atoms with van der Waals surface area (Å²) >= 11 is 6.88. The Balaban J connectivity index is 2.24. The molecule has 1 heterocycles. The molecule has 8 heteroatoms. The first-order chi connectivity index (χ1) is 11.8. The van der Waals surface area contributed by atoms with Crippen LogP contribution in [0.3, 0.4) is 0 Å². The van der Waals surface area contributed by atoms with Gasteiger partial charge in [-0.15, -0.1) is 0 Å². The fourth-order valence-electron chi connectivity index (χ4n) is 2.31. The van der Waals surface area contributed by atoms with E-state index in [9.17, 15) is 23.1 Å². The molecule has 1 N–H and O–H groups in total. The number of halogens is 4.